The molecular formula is C15H19N3O2S. The molecule has 0 atom stereocenters. The van der Waals surface area contributed by atoms with Gasteiger partial charge < -0.3 is 4.74 Å². The van der Waals surface area contributed by atoms with E-state index < -0.39 is 0 Å². The first-order valence-electron chi connectivity index (χ1n) is 7.00. The summed E-state index contributed by atoms with van der Waals surface area (Å²) in [6, 6.07) is 6.95. The number of benzene rings is 1. The van der Waals surface area contributed by atoms with Gasteiger partial charge in [-0.15, -0.1) is 10.2 Å². The smallest absolute Gasteiger partial charge is 0.257 e. The van der Waals surface area contributed by atoms with E-state index in [4.69, 9.17) is 4.74 Å². The maximum absolute atomic E-state index is 12.1. The van der Waals surface area contributed by atoms with Gasteiger partial charge in [0.2, 0.25) is 5.13 Å². The topological polar surface area (TPSA) is 64.1 Å². The predicted octanol–water partition coefficient (Wildman–Crippen LogP) is 3.53. The molecule has 1 N–H and O–H groups in total. The highest BCUT2D eigenvalue weighted by Gasteiger charge is 2.10. The molecule has 0 aliphatic rings. The van der Waals surface area contributed by atoms with Gasteiger partial charge in [0.05, 0.1) is 7.11 Å². The van der Waals surface area contributed by atoms with Crippen molar-refractivity contribution in [2.75, 3.05) is 12.4 Å². The molecule has 0 bridgehead atoms. The molecule has 1 heterocycles. The zero-order valence-electron chi connectivity index (χ0n) is 12.3. The number of carbonyl (C=O) groups excluding carboxylic acids is 1. The van der Waals surface area contributed by atoms with Gasteiger partial charge in [0.25, 0.3) is 5.91 Å². The van der Waals surface area contributed by atoms with Crippen LogP contribution in [0.4, 0.5) is 5.13 Å². The van der Waals surface area contributed by atoms with Crippen LogP contribution in [0.2, 0.25) is 0 Å². The Kier molecular flexibility index (Phi) is 5.68. The predicted molar refractivity (Wildman–Crippen MR) is 84.1 cm³/mol. The van der Waals surface area contributed by atoms with Gasteiger partial charge in [-0.25, -0.2) is 0 Å². The lowest BCUT2D eigenvalue weighted by Crippen LogP contribution is -2.11. The van der Waals surface area contributed by atoms with Crippen molar-refractivity contribution in [2.24, 2.45) is 0 Å². The summed E-state index contributed by atoms with van der Waals surface area (Å²) in [6.07, 6.45) is 4.40. The Morgan fingerprint density at radius 2 is 2.00 bits per heavy atom. The molecule has 21 heavy (non-hydrogen) atoms. The van der Waals surface area contributed by atoms with Crippen molar-refractivity contribution in [2.45, 2.75) is 32.6 Å². The molecule has 0 aliphatic carbocycles. The Labute approximate surface area is 128 Å². The number of rotatable bonds is 7. The van der Waals surface area contributed by atoms with Crippen molar-refractivity contribution in [3.8, 4) is 5.75 Å². The molecule has 0 unspecified atom stereocenters. The normalized spacial score (nSPS) is 10.4. The van der Waals surface area contributed by atoms with E-state index in [0.29, 0.717) is 10.7 Å². The standard InChI is InChI=1S/C15H19N3O2S/c1-3-4-5-6-13-17-18-15(21-13)16-14(19)11-7-9-12(20-2)10-8-11/h7-10H,3-6H2,1-2H3,(H,16,18,19). The first-order valence-corrected chi connectivity index (χ1v) is 7.82. The van der Waals surface area contributed by atoms with Crippen LogP contribution in [0.15, 0.2) is 24.3 Å². The van der Waals surface area contributed by atoms with Crippen LogP contribution in [0.3, 0.4) is 0 Å². The number of carbonyl (C=O) groups is 1. The average molecular weight is 305 g/mol. The Hall–Kier alpha value is -1.95. The maximum Gasteiger partial charge on any atom is 0.257 e. The van der Waals surface area contributed by atoms with Crippen LogP contribution in [-0.4, -0.2) is 23.2 Å². The molecule has 0 radical (unpaired) electrons. The first-order chi connectivity index (χ1) is 10.2. The highest BCUT2D eigenvalue weighted by atomic mass is 32.1. The largest absolute Gasteiger partial charge is 0.497 e. The number of nitrogens with zero attached hydrogens (tertiary/aromatic N) is 2. The second-order valence-electron chi connectivity index (χ2n) is 4.64. The number of methoxy groups -OCH3 is 1. The molecular weight excluding hydrogens is 286 g/mol. The van der Waals surface area contributed by atoms with Gasteiger partial charge in [-0.2, -0.15) is 0 Å². The summed E-state index contributed by atoms with van der Waals surface area (Å²) in [5.74, 6) is 0.537. The Morgan fingerprint density at radius 1 is 1.24 bits per heavy atom. The number of nitrogens with one attached hydrogen (secondary N) is 1. The van der Waals surface area contributed by atoms with Gasteiger partial charge in [0, 0.05) is 12.0 Å². The summed E-state index contributed by atoms with van der Waals surface area (Å²) >= 11 is 1.44. The fourth-order valence-electron chi connectivity index (χ4n) is 1.84. The molecule has 6 heteroatoms. The highest BCUT2D eigenvalue weighted by molar-refractivity contribution is 7.15. The number of hydrogen-bond donors (Lipinski definition) is 1. The van der Waals surface area contributed by atoms with E-state index in [1.165, 1.54) is 24.2 Å². The molecule has 1 aromatic heterocycles. The molecule has 0 aliphatic heterocycles. The van der Waals surface area contributed by atoms with E-state index in [1.807, 2.05) is 0 Å². The minimum Gasteiger partial charge on any atom is -0.497 e. The molecule has 112 valence electrons. The Bertz CT molecular complexity index is 581. The lowest BCUT2D eigenvalue weighted by molar-refractivity contribution is 0.102. The van der Waals surface area contributed by atoms with E-state index in [2.05, 4.69) is 22.4 Å². The Morgan fingerprint density at radius 3 is 2.67 bits per heavy atom. The molecule has 0 fully saturated rings. The molecule has 2 aromatic rings. The van der Waals surface area contributed by atoms with Crippen molar-refractivity contribution in [1.82, 2.24) is 10.2 Å². The molecule has 5 nitrogen and oxygen atoms in total. The zero-order valence-corrected chi connectivity index (χ0v) is 13.1. The van der Waals surface area contributed by atoms with Crippen LogP contribution in [-0.2, 0) is 6.42 Å². The van der Waals surface area contributed by atoms with E-state index >= 15 is 0 Å². The summed E-state index contributed by atoms with van der Waals surface area (Å²) in [6.45, 7) is 2.17. The second kappa shape index (κ2) is 7.73. The minimum absolute atomic E-state index is 0.186. The second-order valence-corrected chi connectivity index (χ2v) is 5.70. The van der Waals surface area contributed by atoms with Gasteiger partial charge in [0.1, 0.15) is 10.8 Å². The quantitative estimate of drug-likeness (QED) is 0.795. The van der Waals surface area contributed by atoms with Gasteiger partial charge >= 0.3 is 0 Å². The minimum atomic E-state index is -0.186. The molecule has 0 saturated carbocycles. The molecule has 1 amide bonds. The number of aromatic nitrogens is 2. The fraction of sp³-hybridized carbons (Fsp3) is 0.400. The average Bonchev–Trinajstić information content (AvgIpc) is 2.95. The van der Waals surface area contributed by atoms with Crippen LogP contribution in [0.5, 0.6) is 5.75 Å². The molecule has 0 spiro atoms. The van der Waals surface area contributed by atoms with Crippen molar-refractivity contribution in [3.63, 3.8) is 0 Å². The number of hydrogen-bond acceptors (Lipinski definition) is 5. The van der Waals surface area contributed by atoms with Crippen LogP contribution in [0, 0.1) is 0 Å². The third kappa shape index (κ3) is 4.53. The van der Waals surface area contributed by atoms with Gasteiger partial charge in [-0.05, 0) is 30.7 Å². The number of amides is 1. The van der Waals surface area contributed by atoms with Crippen molar-refractivity contribution in [1.29, 1.82) is 0 Å². The first kappa shape index (κ1) is 15.4. The molecule has 0 saturated heterocycles. The summed E-state index contributed by atoms with van der Waals surface area (Å²) in [5.41, 5.74) is 0.568. The number of unbranched alkanes of at least 4 members (excludes halogenated alkanes) is 2. The lowest BCUT2D eigenvalue weighted by Gasteiger charge is -2.02. The van der Waals surface area contributed by atoms with Crippen molar-refractivity contribution >= 4 is 22.4 Å². The number of aryl methyl sites for hydroxylation is 1. The van der Waals surface area contributed by atoms with Gasteiger partial charge in [-0.3, -0.25) is 10.1 Å². The van der Waals surface area contributed by atoms with Crippen LogP contribution in [0.25, 0.3) is 0 Å². The van der Waals surface area contributed by atoms with Gasteiger partial charge in [0.15, 0.2) is 0 Å². The van der Waals surface area contributed by atoms with Crippen LogP contribution < -0.4 is 10.1 Å². The monoisotopic (exact) mass is 305 g/mol. The summed E-state index contributed by atoms with van der Waals surface area (Å²) in [4.78, 5) is 12.1. The van der Waals surface area contributed by atoms with Crippen molar-refractivity contribution < 1.29 is 9.53 Å². The van der Waals surface area contributed by atoms with E-state index in [1.54, 1.807) is 31.4 Å². The maximum atomic E-state index is 12.1. The lowest BCUT2D eigenvalue weighted by atomic mass is 10.2. The SMILES string of the molecule is CCCCCc1nnc(NC(=O)c2ccc(OC)cc2)s1. The Balaban J connectivity index is 1.92. The van der Waals surface area contributed by atoms with E-state index in [0.717, 1.165) is 23.6 Å². The third-order valence-corrected chi connectivity index (χ3v) is 3.93. The summed E-state index contributed by atoms with van der Waals surface area (Å²) in [5, 5.41) is 12.4. The highest BCUT2D eigenvalue weighted by Crippen LogP contribution is 2.19. The van der Waals surface area contributed by atoms with Crippen molar-refractivity contribution in [3.05, 3.63) is 34.8 Å². The fourth-order valence-corrected chi connectivity index (χ4v) is 2.62. The van der Waals surface area contributed by atoms with Gasteiger partial charge in [-0.1, -0.05) is 31.1 Å². The molecule has 2 rings (SSSR count). The number of anilines is 1. The van der Waals surface area contributed by atoms with E-state index in [-0.39, 0.29) is 5.91 Å². The molecule has 1 aromatic carbocycles. The zero-order chi connectivity index (χ0) is 15.1. The third-order valence-electron chi connectivity index (χ3n) is 3.03. The van der Waals surface area contributed by atoms with E-state index in [9.17, 15) is 4.79 Å². The summed E-state index contributed by atoms with van der Waals surface area (Å²) in [7, 11) is 1.59. The van der Waals surface area contributed by atoms with Crippen LogP contribution >= 0.6 is 11.3 Å². The number of ether oxygens (including phenoxy) is 1. The summed E-state index contributed by atoms with van der Waals surface area (Å²) < 4.78 is 5.07. The van der Waals surface area contributed by atoms with Crippen LogP contribution in [0.1, 0.15) is 41.6 Å².